The Labute approximate surface area is 122 Å². The fraction of sp³-hybridized carbons (Fsp3) is 0.933. The molecule has 3 N–H and O–H groups in total. The molecule has 0 spiro atoms. The van der Waals surface area contributed by atoms with Crippen molar-refractivity contribution >= 4 is 6.03 Å². The lowest BCUT2D eigenvalue weighted by Crippen LogP contribution is -2.48. The molecule has 0 radical (unpaired) electrons. The van der Waals surface area contributed by atoms with E-state index >= 15 is 0 Å². The first-order chi connectivity index (χ1) is 9.58. The molecule has 0 aliphatic heterocycles. The quantitative estimate of drug-likeness (QED) is 0.598. The van der Waals surface area contributed by atoms with Crippen LogP contribution in [0, 0.1) is 5.41 Å². The van der Waals surface area contributed by atoms with Crippen LogP contribution in [0.2, 0.25) is 0 Å². The minimum atomic E-state index is -0.311. The Morgan fingerprint density at radius 3 is 2.85 bits per heavy atom. The topological polar surface area (TPSA) is 70.6 Å². The Balaban J connectivity index is 2.10. The smallest absolute Gasteiger partial charge is 0.314 e. The summed E-state index contributed by atoms with van der Waals surface area (Å²) in [4.78, 5) is 11.7. The van der Waals surface area contributed by atoms with Crippen molar-refractivity contribution < 1.29 is 14.6 Å². The van der Waals surface area contributed by atoms with Gasteiger partial charge in [0.1, 0.15) is 0 Å². The molecule has 1 aliphatic carbocycles. The zero-order valence-electron chi connectivity index (χ0n) is 12.9. The normalized spacial score (nSPS) is 26.2. The van der Waals surface area contributed by atoms with E-state index in [1.807, 2.05) is 6.92 Å². The lowest BCUT2D eigenvalue weighted by atomic mass is 9.73. The van der Waals surface area contributed by atoms with Gasteiger partial charge >= 0.3 is 6.03 Å². The molecule has 0 saturated heterocycles. The molecule has 1 fully saturated rings. The maximum atomic E-state index is 11.7. The van der Waals surface area contributed by atoms with Gasteiger partial charge in [-0.15, -0.1) is 0 Å². The Kier molecular flexibility index (Phi) is 7.92. The highest BCUT2D eigenvalue weighted by Gasteiger charge is 2.35. The third kappa shape index (κ3) is 6.09. The number of carbonyl (C=O) groups is 1. The summed E-state index contributed by atoms with van der Waals surface area (Å²) in [5.41, 5.74) is -0.187. The highest BCUT2D eigenvalue weighted by Crippen LogP contribution is 2.35. The molecule has 1 saturated carbocycles. The van der Waals surface area contributed by atoms with E-state index < -0.39 is 0 Å². The monoisotopic (exact) mass is 286 g/mol. The van der Waals surface area contributed by atoms with Crippen LogP contribution in [0.4, 0.5) is 4.79 Å². The Morgan fingerprint density at radius 1 is 1.35 bits per heavy atom. The fourth-order valence-corrected chi connectivity index (χ4v) is 2.52. The van der Waals surface area contributed by atoms with E-state index in [0.717, 1.165) is 45.1 Å². The summed E-state index contributed by atoms with van der Waals surface area (Å²) in [5.74, 6) is 0. The van der Waals surface area contributed by atoms with E-state index in [1.54, 1.807) is 0 Å². The van der Waals surface area contributed by atoms with Crippen molar-refractivity contribution in [1.82, 2.24) is 10.6 Å². The van der Waals surface area contributed by atoms with Gasteiger partial charge < -0.3 is 20.5 Å². The second-order valence-corrected chi connectivity index (χ2v) is 5.99. The molecule has 2 unspecified atom stereocenters. The third-order valence-corrected chi connectivity index (χ3v) is 4.11. The highest BCUT2D eigenvalue weighted by molar-refractivity contribution is 5.73. The highest BCUT2D eigenvalue weighted by atomic mass is 16.5. The first-order valence-corrected chi connectivity index (χ1v) is 7.86. The third-order valence-electron chi connectivity index (χ3n) is 4.11. The predicted octanol–water partition coefficient (Wildman–Crippen LogP) is 2.04. The number of carbonyl (C=O) groups excluding carboxylic acids is 1. The predicted molar refractivity (Wildman–Crippen MR) is 79.7 cm³/mol. The molecule has 0 aromatic rings. The molecule has 2 atom stereocenters. The Morgan fingerprint density at radius 2 is 2.15 bits per heavy atom. The van der Waals surface area contributed by atoms with Crippen LogP contribution in [0.3, 0.4) is 0 Å². The lowest BCUT2D eigenvalue weighted by molar-refractivity contribution is 0.00306. The number of rotatable bonds is 8. The summed E-state index contributed by atoms with van der Waals surface area (Å²) in [6, 6.07) is -0.178. The van der Waals surface area contributed by atoms with E-state index in [4.69, 9.17) is 4.74 Å². The van der Waals surface area contributed by atoms with Crippen molar-refractivity contribution in [2.75, 3.05) is 26.3 Å². The minimum Gasteiger partial charge on any atom is -0.392 e. The van der Waals surface area contributed by atoms with Crippen LogP contribution < -0.4 is 10.6 Å². The van der Waals surface area contributed by atoms with E-state index in [-0.39, 0.29) is 17.6 Å². The number of unbranched alkanes of at least 4 members (excludes halogenated alkanes) is 1. The van der Waals surface area contributed by atoms with Crippen molar-refractivity contribution in [3.8, 4) is 0 Å². The molecule has 0 aromatic carbocycles. The van der Waals surface area contributed by atoms with Crippen LogP contribution in [0.5, 0.6) is 0 Å². The van der Waals surface area contributed by atoms with E-state index in [9.17, 15) is 9.90 Å². The minimum absolute atomic E-state index is 0.178. The van der Waals surface area contributed by atoms with Gasteiger partial charge in [-0.05, 0) is 19.3 Å². The molecular formula is C15H30N2O3. The first-order valence-electron chi connectivity index (χ1n) is 7.86. The molecule has 5 nitrogen and oxygen atoms in total. The van der Waals surface area contributed by atoms with Crippen molar-refractivity contribution in [2.24, 2.45) is 5.41 Å². The van der Waals surface area contributed by atoms with Crippen LogP contribution in [0.1, 0.15) is 52.4 Å². The second-order valence-electron chi connectivity index (χ2n) is 5.99. The number of nitrogens with one attached hydrogen (secondary N) is 2. The van der Waals surface area contributed by atoms with Gasteiger partial charge in [0, 0.05) is 25.1 Å². The second kappa shape index (κ2) is 9.19. The van der Waals surface area contributed by atoms with E-state index in [0.29, 0.717) is 19.7 Å². The van der Waals surface area contributed by atoms with Gasteiger partial charge in [-0.25, -0.2) is 4.79 Å². The zero-order valence-corrected chi connectivity index (χ0v) is 12.9. The van der Waals surface area contributed by atoms with Crippen LogP contribution in [-0.2, 0) is 4.74 Å². The van der Waals surface area contributed by atoms with Crippen molar-refractivity contribution in [2.45, 2.75) is 58.5 Å². The molecule has 0 aromatic heterocycles. The summed E-state index contributed by atoms with van der Waals surface area (Å²) >= 11 is 0. The van der Waals surface area contributed by atoms with Crippen molar-refractivity contribution in [3.63, 3.8) is 0 Å². The van der Waals surface area contributed by atoms with Crippen LogP contribution in [-0.4, -0.2) is 43.5 Å². The summed E-state index contributed by atoms with van der Waals surface area (Å²) in [6.07, 6.45) is 5.88. The van der Waals surface area contributed by atoms with Gasteiger partial charge in [0.05, 0.1) is 12.7 Å². The molecule has 0 heterocycles. The SMILES string of the molecule is CCCCOCCNC(=O)NCC1(C)CCCCC1O. The molecule has 5 heteroatoms. The molecule has 2 amide bonds. The lowest BCUT2D eigenvalue weighted by Gasteiger charge is -2.38. The van der Waals surface area contributed by atoms with Crippen LogP contribution in [0.15, 0.2) is 0 Å². The standard InChI is InChI=1S/C15H30N2O3/c1-3-4-10-20-11-9-16-14(19)17-12-15(2)8-6-5-7-13(15)18/h13,18H,3-12H2,1-2H3,(H2,16,17,19). The number of aliphatic hydroxyl groups is 1. The number of amides is 2. The largest absolute Gasteiger partial charge is 0.392 e. The zero-order chi connectivity index (χ0) is 14.8. The van der Waals surface area contributed by atoms with Gasteiger partial charge in [-0.3, -0.25) is 0 Å². The van der Waals surface area contributed by atoms with Crippen LogP contribution >= 0.6 is 0 Å². The van der Waals surface area contributed by atoms with Gasteiger partial charge in [0.25, 0.3) is 0 Å². The summed E-state index contributed by atoms with van der Waals surface area (Å²) in [6.45, 7) is 6.52. The van der Waals surface area contributed by atoms with E-state index in [2.05, 4.69) is 17.6 Å². The average Bonchev–Trinajstić information content (AvgIpc) is 2.44. The van der Waals surface area contributed by atoms with Crippen molar-refractivity contribution in [1.29, 1.82) is 0 Å². The number of aliphatic hydroxyl groups excluding tert-OH is 1. The molecule has 1 rings (SSSR count). The average molecular weight is 286 g/mol. The maximum Gasteiger partial charge on any atom is 0.314 e. The Hall–Kier alpha value is -0.810. The van der Waals surface area contributed by atoms with E-state index in [1.165, 1.54) is 0 Å². The summed E-state index contributed by atoms with van der Waals surface area (Å²) in [5, 5.41) is 15.7. The molecule has 20 heavy (non-hydrogen) atoms. The maximum absolute atomic E-state index is 11.7. The van der Waals surface area contributed by atoms with Gasteiger partial charge in [-0.2, -0.15) is 0 Å². The number of ether oxygens (including phenoxy) is 1. The van der Waals surface area contributed by atoms with Gasteiger partial charge in [-0.1, -0.05) is 33.1 Å². The fourth-order valence-electron chi connectivity index (χ4n) is 2.52. The molecular weight excluding hydrogens is 256 g/mol. The van der Waals surface area contributed by atoms with Gasteiger partial charge in [0.2, 0.25) is 0 Å². The van der Waals surface area contributed by atoms with Crippen molar-refractivity contribution in [3.05, 3.63) is 0 Å². The van der Waals surface area contributed by atoms with Crippen LogP contribution in [0.25, 0.3) is 0 Å². The summed E-state index contributed by atoms with van der Waals surface area (Å²) < 4.78 is 5.37. The summed E-state index contributed by atoms with van der Waals surface area (Å²) in [7, 11) is 0. The molecule has 0 bridgehead atoms. The number of hydrogen-bond donors (Lipinski definition) is 3. The number of urea groups is 1. The molecule has 1 aliphatic rings. The molecule has 118 valence electrons. The first kappa shape index (κ1) is 17.2. The van der Waals surface area contributed by atoms with Gasteiger partial charge in [0.15, 0.2) is 0 Å². The number of hydrogen-bond acceptors (Lipinski definition) is 3. The Bertz CT molecular complexity index is 286.